The van der Waals surface area contributed by atoms with Crippen LogP contribution in [0.4, 0.5) is 0 Å². The number of hydrogen-bond donors (Lipinski definition) is 0. The summed E-state index contributed by atoms with van der Waals surface area (Å²) in [6.07, 6.45) is 9.10. The molecule has 4 rings (SSSR count). The van der Waals surface area contributed by atoms with Crippen LogP contribution >= 0.6 is 0 Å². The quantitative estimate of drug-likeness (QED) is 0.550. The van der Waals surface area contributed by atoms with E-state index in [1.807, 2.05) is 0 Å². The van der Waals surface area contributed by atoms with Crippen molar-refractivity contribution in [2.24, 2.45) is 23.2 Å². The van der Waals surface area contributed by atoms with E-state index in [1.54, 1.807) is 19.3 Å². The lowest BCUT2D eigenvalue weighted by Gasteiger charge is -2.56. The zero-order chi connectivity index (χ0) is 11.9. The molecular formula is C15H26OSi. The average Bonchev–Trinajstić information content (AvgIpc) is 2.22. The Morgan fingerprint density at radius 1 is 1.12 bits per heavy atom. The molecule has 96 valence electrons. The van der Waals surface area contributed by atoms with Gasteiger partial charge in [0.05, 0.1) is 0 Å². The van der Waals surface area contributed by atoms with E-state index in [2.05, 4.69) is 19.5 Å². The standard InChI is InChI=1S/C15H26OSi/c1-11(2)9-17-16-10-15-6-12-3-13(7-15)5-14(4-12)8-15/h9,12-14H,3-8,10,17H2,1-2H3. The van der Waals surface area contributed by atoms with Gasteiger partial charge in [-0.3, -0.25) is 0 Å². The highest BCUT2D eigenvalue weighted by Crippen LogP contribution is 2.59. The third-order valence-corrected chi connectivity index (χ3v) is 6.61. The molecule has 0 aromatic heterocycles. The molecule has 0 atom stereocenters. The molecule has 4 bridgehead atoms. The van der Waals surface area contributed by atoms with Crippen molar-refractivity contribution in [2.75, 3.05) is 6.61 Å². The van der Waals surface area contributed by atoms with Gasteiger partial charge in [-0.2, -0.15) is 0 Å². The zero-order valence-electron chi connectivity index (χ0n) is 11.4. The summed E-state index contributed by atoms with van der Waals surface area (Å²) < 4.78 is 6.09. The van der Waals surface area contributed by atoms with Gasteiger partial charge in [0.2, 0.25) is 0 Å². The van der Waals surface area contributed by atoms with Gasteiger partial charge in [0.15, 0.2) is 9.76 Å². The Hall–Kier alpha value is -0.0831. The van der Waals surface area contributed by atoms with Gasteiger partial charge in [0, 0.05) is 6.61 Å². The summed E-state index contributed by atoms with van der Waals surface area (Å²) in [5, 5.41) is 0. The van der Waals surface area contributed by atoms with Crippen LogP contribution in [0.2, 0.25) is 0 Å². The lowest BCUT2D eigenvalue weighted by atomic mass is 9.50. The summed E-state index contributed by atoms with van der Waals surface area (Å²) in [4.78, 5) is 0. The summed E-state index contributed by atoms with van der Waals surface area (Å²) in [7, 11) is -0.384. The monoisotopic (exact) mass is 250 g/mol. The predicted molar refractivity (Wildman–Crippen MR) is 74.5 cm³/mol. The highest BCUT2D eigenvalue weighted by atomic mass is 28.2. The first-order chi connectivity index (χ1) is 8.15. The molecule has 0 spiro atoms. The molecule has 4 saturated carbocycles. The molecule has 2 heteroatoms. The molecule has 0 radical (unpaired) electrons. The summed E-state index contributed by atoms with van der Waals surface area (Å²) in [6, 6.07) is 0. The van der Waals surface area contributed by atoms with E-state index < -0.39 is 0 Å². The van der Waals surface area contributed by atoms with Crippen LogP contribution in [0.15, 0.2) is 11.3 Å². The first kappa shape index (κ1) is 12.0. The first-order valence-corrected chi connectivity index (χ1v) is 8.76. The minimum absolute atomic E-state index is 0.384. The second-order valence-electron chi connectivity index (χ2n) is 7.21. The maximum Gasteiger partial charge on any atom is 0.185 e. The molecule has 0 aromatic carbocycles. The summed E-state index contributed by atoms with van der Waals surface area (Å²) in [5.74, 6) is 3.19. The fourth-order valence-corrected chi connectivity index (χ4v) is 5.97. The molecule has 0 amide bonds. The Morgan fingerprint density at radius 2 is 1.65 bits per heavy atom. The Bertz CT molecular complexity index is 282. The van der Waals surface area contributed by atoms with E-state index in [0.29, 0.717) is 5.41 Å². The molecule has 17 heavy (non-hydrogen) atoms. The summed E-state index contributed by atoms with van der Waals surface area (Å²) >= 11 is 0. The molecule has 4 aliphatic rings. The molecular weight excluding hydrogens is 224 g/mol. The molecule has 0 saturated heterocycles. The fourth-order valence-electron chi connectivity index (χ4n) is 4.97. The van der Waals surface area contributed by atoms with E-state index in [-0.39, 0.29) is 9.76 Å². The zero-order valence-corrected chi connectivity index (χ0v) is 12.8. The van der Waals surface area contributed by atoms with Crippen molar-refractivity contribution in [1.29, 1.82) is 0 Å². The smallest absolute Gasteiger partial charge is 0.185 e. The maximum absolute atomic E-state index is 6.09. The van der Waals surface area contributed by atoms with E-state index in [0.717, 1.165) is 24.4 Å². The highest BCUT2D eigenvalue weighted by molar-refractivity contribution is 6.34. The van der Waals surface area contributed by atoms with E-state index in [9.17, 15) is 0 Å². The Labute approximate surface area is 108 Å². The summed E-state index contributed by atoms with van der Waals surface area (Å²) in [5.41, 5.74) is 4.40. The normalized spacial score (nSPS) is 43.5. The van der Waals surface area contributed by atoms with Gasteiger partial charge in [0.1, 0.15) is 0 Å². The third-order valence-electron chi connectivity index (χ3n) is 5.18. The largest absolute Gasteiger partial charge is 0.419 e. The van der Waals surface area contributed by atoms with Crippen molar-refractivity contribution in [1.82, 2.24) is 0 Å². The van der Waals surface area contributed by atoms with E-state index in [4.69, 9.17) is 4.43 Å². The maximum atomic E-state index is 6.09. The van der Waals surface area contributed by atoms with Crippen LogP contribution in [0.1, 0.15) is 52.4 Å². The SMILES string of the molecule is CC(C)=C[SiH2]OCC12CC3CC(CC(C3)C1)C2. The highest BCUT2D eigenvalue weighted by Gasteiger charge is 2.50. The van der Waals surface area contributed by atoms with Crippen LogP contribution < -0.4 is 0 Å². The molecule has 0 N–H and O–H groups in total. The van der Waals surface area contributed by atoms with E-state index >= 15 is 0 Å². The van der Waals surface area contributed by atoms with Gasteiger partial charge >= 0.3 is 0 Å². The Balaban J connectivity index is 1.57. The van der Waals surface area contributed by atoms with Crippen LogP contribution in [-0.2, 0) is 4.43 Å². The van der Waals surface area contributed by atoms with Crippen LogP contribution in [0.5, 0.6) is 0 Å². The van der Waals surface area contributed by atoms with Crippen LogP contribution in [-0.4, -0.2) is 16.4 Å². The van der Waals surface area contributed by atoms with Gasteiger partial charge < -0.3 is 4.43 Å². The molecule has 0 aromatic rings. The summed E-state index contributed by atoms with van der Waals surface area (Å²) in [6.45, 7) is 5.45. The minimum atomic E-state index is -0.384. The third kappa shape index (κ3) is 2.53. The van der Waals surface area contributed by atoms with Crippen molar-refractivity contribution in [2.45, 2.75) is 52.4 Å². The second kappa shape index (κ2) is 4.54. The van der Waals surface area contributed by atoms with Gasteiger partial charge in [0.25, 0.3) is 0 Å². The lowest BCUT2D eigenvalue weighted by molar-refractivity contribution is -0.0741. The van der Waals surface area contributed by atoms with Crippen molar-refractivity contribution < 1.29 is 4.43 Å². The Morgan fingerprint density at radius 3 is 2.12 bits per heavy atom. The van der Waals surface area contributed by atoms with Gasteiger partial charge in [-0.1, -0.05) is 11.3 Å². The topological polar surface area (TPSA) is 9.23 Å². The first-order valence-electron chi connectivity index (χ1n) is 7.36. The van der Waals surface area contributed by atoms with Crippen molar-refractivity contribution in [3.8, 4) is 0 Å². The van der Waals surface area contributed by atoms with Gasteiger partial charge in [-0.05, 0) is 75.5 Å². The van der Waals surface area contributed by atoms with E-state index in [1.165, 1.54) is 24.8 Å². The van der Waals surface area contributed by atoms with Crippen LogP contribution in [0, 0.1) is 23.2 Å². The predicted octanol–water partition coefficient (Wildman–Crippen LogP) is 3.23. The average molecular weight is 250 g/mol. The van der Waals surface area contributed by atoms with Crippen LogP contribution in [0.25, 0.3) is 0 Å². The molecule has 4 fully saturated rings. The Kier molecular flexibility index (Phi) is 3.20. The molecule has 1 nitrogen and oxygen atoms in total. The number of allylic oxidation sites excluding steroid dienone is 1. The van der Waals surface area contributed by atoms with Crippen molar-refractivity contribution in [3.63, 3.8) is 0 Å². The fraction of sp³-hybridized carbons (Fsp3) is 0.867. The van der Waals surface area contributed by atoms with Crippen LogP contribution in [0.3, 0.4) is 0 Å². The molecule has 4 aliphatic carbocycles. The lowest BCUT2D eigenvalue weighted by Crippen LogP contribution is -2.48. The van der Waals surface area contributed by atoms with Gasteiger partial charge in [-0.15, -0.1) is 0 Å². The molecule has 0 heterocycles. The van der Waals surface area contributed by atoms with Crippen molar-refractivity contribution >= 4 is 9.76 Å². The minimum Gasteiger partial charge on any atom is -0.419 e. The molecule has 0 aliphatic heterocycles. The molecule has 0 unspecified atom stereocenters. The number of rotatable bonds is 4. The second-order valence-corrected chi connectivity index (χ2v) is 8.36. The van der Waals surface area contributed by atoms with Gasteiger partial charge in [-0.25, -0.2) is 0 Å². The number of hydrogen-bond acceptors (Lipinski definition) is 1. The van der Waals surface area contributed by atoms with Crippen molar-refractivity contribution in [3.05, 3.63) is 11.3 Å².